The summed E-state index contributed by atoms with van der Waals surface area (Å²) in [5, 5.41) is 6.53. The largest absolute Gasteiger partial charge is 0.491 e. The molecule has 0 aromatic heterocycles. The number of halogens is 1. The summed E-state index contributed by atoms with van der Waals surface area (Å²) >= 11 is 0. The topological polar surface area (TPSA) is 59.6 Å². The third kappa shape index (κ3) is 4.02. The van der Waals surface area contributed by atoms with Crippen molar-refractivity contribution in [3.63, 3.8) is 0 Å². The van der Waals surface area contributed by atoms with Gasteiger partial charge in [0, 0.05) is 25.4 Å². The van der Waals surface area contributed by atoms with Crippen LogP contribution in [0.5, 0.6) is 5.75 Å². The van der Waals surface area contributed by atoms with E-state index >= 15 is 0 Å². The van der Waals surface area contributed by atoms with Crippen LogP contribution in [-0.2, 0) is 9.53 Å². The van der Waals surface area contributed by atoms with Crippen molar-refractivity contribution in [3.8, 4) is 5.75 Å². The lowest BCUT2D eigenvalue weighted by Gasteiger charge is -2.37. The van der Waals surface area contributed by atoms with E-state index in [1.165, 1.54) is 6.42 Å². The predicted octanol–water partition coefficient (Wildman–Crippen LogP) is 2.85. The van der Waals surface area contributed by atoms with E-state index in [0.717, 1.165) is 43.8 Å². The van der Waals surface area contributed by atoms with Crippen LogP contribution in [0.15, 0.2) is 24.3 Å². The van der Waals surface area contributed by atoms with Gasteiger partial charge in [0.2, 0.25) is 5.91 Å². The van der Waals surface area contributed by atoms with Gasteiger partial charge in [0.15, 0.2) is 0 Å². The molecule has 2 aliphatic rings. The molecule has 0 unspecified atom stereocenters. The van der Waals surface area contributed by atoms with E-state index in [2.05, 4.69) is 10.6 Å². The average Bonchev–Trinajstić information content (AvgIpc) is 3.01. The van der Waals surface area contributed by atoms with Crippen LogP contribution in [0.25, 0.3) is 0 Å². The highest BCUT2D eigenvalue weighted by Crippen LogP contribution is 2.44. The Morgan fingerprint density at radius 2 is 2.25 bits per heavy atom. The second-order valence-corrected chi connectivity index (χ2v) is 6.55. The highest BCUT2D eigenvalue weighted by molar-refractivity contribution is 5.96. The van der Waals surface area contributed by atoms with Gasteiger partial charge >= 0.3 is 0 Å². The summed E-state index contributed by atoms with van der Waals surface area (Å²) in [4.78, 5) is 12.9. The molecule has 0 spiro atoms. The van der Waals surface area contributed by atoms with E-state index in [4.69, 9.17) is 9.47 Å². The lowest BCUT2D eigenvalue weighted by Crippen LogP contribution is -2.44. The van der Waals surface area contributed by atoms with Gasteiger partial charge in [0.05, 0.1) is 12.0 Å². The Bertz CT molecular complexity index is 555. The molecule has 1 aliphatic heterocycles. The second-order valence-electron chi connectivity index (χ2n) is 6.55. The molecule has 1 aromatic rings. The van der Waals surface area contributed by atoms with Crippen LogP contribution in [0.3, 0.4) is 0 Å². The highest BCUT2D eigenvalue weighted by atomic mass is 35.5. The Hall–Kier alpha value is -1.30. The average molecular weight is 355 g/mol. The van der Waals surface area contributed by atoms with Gasteiger partial charge in [-0.15, -0.1) is 12.4 Å². The first kappa shape index (κ1) is 19.0. The molecule has 3 rings (SSSR count). The fraction of sp³-hybridized carbons (Fsp3) is 0.611. The SMILES string of the molecule is COCCOc1cccc(NC(=O)[C@@]23CCCC[C@H]2CNC3)c1.Cl. The van der Waals surface area contributed by atoms with Crippen molar-refractivity contribution in [1.82, 2.24) is 5.32 Å². The van der Waals surface area contributed by atoms with E-state index in [9.17, 15) is 4.79 Å². The summed E-state index contributed by atoms with van der Waals surface area (Å²) < 4.78 is 10.6. The van der Waals surface area contributed by atoms with Gasteiger partial charge in [0.25, 0.3) is 0 Å². The second kappa shape index (κ2) is 8.70. The molecule has 6 heteroatoms. The molecule has 1 aromatic carbocycles. The monoisotopic (exact) mass is 354 g/mol. The van der Waals surface area contributed by atoms with Crippen molar-refractivity contribution in [2.24, 2.45) is 11.3 Å². The molecule has 24 heavy (non-hydrogen) atoms. The normalized spacial score (nSPS) is 25.5. The number of methoxy groups -OCH3 is 1. The lowest BCUT2D eigenvalue weighted by molar-refractivity contribution is -0.128. The van der Waals surface area contributed by atoms with Gasteiger partial charge in [-0.2, -0.15) is 0 Å². The van der Waals surface area contributed by atoms with Gasteiger partial charge in [0.1, 0.15) is 12.4 Å². The number of anilines is 1. The van der Waals surface area contributed by atoms with Gasteiger partial charge in [-0.25, -0.2) is 0 Å². The summed E-state index contributed by atoms with van der Waals surface area (Å²) in [7, 11) is 1.65. The predicted molar refractivity (Wildman–Crippen MR) is 97.0 cm³/mol. The lowest BCUT2D eigenvalue weighted by atomic mass is 9.67. The highest BCUT2D eigenvalue weighted by Gasteiger charge is 2.49. The Labute approximate surface area is 149 Å². The van der Waals surface area contributed by atoms with E-state index < -0.39 is 0 Å². The number of ether oxygens (including phenoxy) is 2. The zero-order chi connectivity index (χ0) is 16.1. The molecule has 0 bridgehead atoms. The summed E-state index contributed by atoms with van der Waals surface area (Å²) in [5.41, 5.74) is 0.570. The maximum Gasteiger partial charge on any atom is 0.232 e. The fourth-order valence-electron chi connectivity index (χ4n) is 3.85. The maximum atomic E-state index is 12.9. The van der Waals surface area contributed by atoms with Gasteiger partial charge in [-0.1, -0.05) is 18.9 Å². The summed E-state index contributed by atoms with van der Waals surface area (Å²) in [6.07, 6.45) is 4.52. The molecule has 1 aliphatic carbocycles. The van der Waals surface area contributed by atoms with Crippen LogP contribution >= 0.6 is 12.4 Å². The Balaban J connectivity index is 0.00000208. The van der Waals surface area contributed by atoms with Crippen molar-refractivity contribution in [3.05, 3.63) is 24.3 Å². The molecule has 2 N–H and O–H groups in total. The third-order valence-electron chi connectivity index (χ3n) is 5.14. The molecule has 2 atom stereocenters. The van der Waals surface area contributed by atoms with Crippen LogP contribution in [0.4, 0.5) is 5.69 Å². The van der Waals surface area contributed by atoms with Crippen molar-refractivity contribution in [2.45, 2.75) is 25.7 Å². The number of carbonyl (C=O) groups excluding carboxylic acids is 1. The summed E-state index contributed by atoms with van der Waals surface area (Å²) in [6.45, 7) is 2.82. The fourth-order valence-corrected chi connectivity index (χ4v) is 3.85. The summed E-state index contributed by atoms with van der Waals surface area (Å²) in [5.74, 6) is 1.38. The zero-order valence-electron chi connectivity index (χ0n) is 14.2. The minimum Gasteiger partial charge on any atom is -0.491 e. The van der Waals surface area contributed by atoms with Crippen LogP contribution in [-0.4, -0.2) is 39.3 Å². The molecule has 134 valence electrons. The van der Waals surface area contributed by atoms with E-state index in [1.54, 1.807) is 7.11 Å². The van der Waals surface area contributed by atoms with E-state index in [-0.39, 0.29) is 23.7 Å². The first-order valence-electron chi connectivity index (χ1n) is 8.48. The van der Waals surface area contributed by atoms with Crippen molar-refractivity contribution >= 4 is 24.0 Å². The number of amides is 1. The quantitative estimate of drug-likeness (QED) is 0.771. The Morgan fingerprint density at radius 3 is 3.08 bits per heavy atom. The molecular weight excluding hydrogens is 328 g/mol. The number of rotatable bonds is 6. The minimum absolute atomic E-state index is 0. The summed E-state index contributed by atoms with van der Waals surface area (Å²) in [6, 6.07) is 7.59. The van der Waals surface area contributed by atoms with Crippen LogP contribution < -0.4 is 15.4 Å². The Kier molecular flexibility index (Phi) is 6.90. The number of carbonyl (C=O) groups is 1. The molecule has 1 amide bonds. The first-order valence-corrected chi connectivity index (χ1v) is 8.48. The van der Waals surface area contributed by atoms with Crippen molar-refractivity contribution < 1.29 is 14.3 Å². The first-order chi connectivity index (χ1) is 11.2. The molecule has 1 heterocycles. The molecule has 5 nitrogen and oxygen atoms in total. The van der Waals surface area contributed by atoms with E-state index in [1.807, 2.05) is 24.3 Å². The molecule has 1 saturated heterocycles. The van der Waals surface area contributed by atoms with Gasteiger partial charge < -0.3 is 20.1 Å². The molecule has 2 fully saturated rings. The number of fused-ring (bicyclic) bond motifs is 1. The minimum atomic E-state index is -0.231. The van der Waals surface area contributed by atoms with Crippen molar-refractivity contribution in [1.29, 1.82) is 0 Å². The Morgan fingerprint density at radius 1 is 1.38 bits per heavy atom. The van der Waals surface area contributed by atoms with E-state index in [0.29, 0.717) is 19.1 Å². The molecular formula is C18H27ClN2O3. The van der Waals surface area contributed by atoms with Crippen molar-refractivity contribution in [2.75, 3.05) is 38.7 Å². The number of benzene rings is 1. The molecule has 0 radical (unpaired) electrons. The third-order valence-corrected chi connectivity index (χ3v) is 5.14. The maximum absolute atomic E-state index is 12.9. The van der Waals surface area contributed by atoms with Crippen LogP contribution in [0.2, 0.25) is 0 Å². The number of nitrogens with one attached hydrogen (secondary N) is 2. The van der Waals surface area contributed by atoms with Gasteiger partial charge in [-0.05, 0) is 37.4 Å². The van der Waals surface area contributed by atoms with Crippen LogP contribution in [0.1, 0.15) is 25.7 Å². The van der Waals surface area contributed by atoms with Gasteiger partial charge in [-0.3, -0.25) is 4.79 Å². The smallest absolute Gasteiger partial charge is 0.232 e. The molecule has 1 saturated carbocycles. The standard InChI is InChI=1S/C18H26N2O3.ClH/c1-22-9-10-23-16-7-4-6-15(11-16)20-17(21)18-8-3-2-5-14(18)12-19-13-18;/h4,6-7,11,14,19H,2-3,5,8-10,12-13H2,1H3,(H,20,21);1H/t14-,18+;/m0./s1. The number of hydrogen-bond donors (Lipinski definition) is 2. The van der Waals surface area contributed by atoms with Crippen LogP contribution in [0, 0.1) is 11.3 Å². The zero-order valence-corrected chi connectivity index (χ0v) is 15.0. The number of hydrogen-bond acceptors (Lipinski definition) is 4.